The number of halogens is 1. The predicted octanol–water partition coefficient (Wildman–Crippen LogP) is 3.90. The van der Waals surface area contributed by atoms with Crippen LogP contribution in [0.25, 0.3) is 0 Å². The third-order valence-electron chi connectivity index (χ3n) is 3.49. The molecule has 6 heteroatoms. The van der Waals surface area contributed by atoms with Crippen molar-refractivity contribution >= 4 is 39.2 Å². The van der Waals surface area contributed by atoms with Crippen molar-refractivity contribution in [2.24, 2.45) is 0 Å². The molecule has 2 aromatic rings. The highest BCUT2D eigenvalue weighted by Crippen LogP contribution is 2.23. The van der Waals surface area contributed by atoms with E-state index >= 15 is 0 Å². The Hall–Kier alpha value is -2.34. The fourth-order valence-electron chi connectivity index (χ4n) is 2.20. The lowest BCUT2D eigenvalue weighted by molar-refractivity contribution is -0.114. The average Bonchev–Trinajstić information content (AvgIpc) is 2.55. The molecule has 0 aliphatic heterocycles. The molecule has 0 atom stereocenters. The number of esters is 1. The van der Waals surface area contributed by atoms with E-state index in [1.54, 1.807) is 18.2 Å². The molecule has 2 rings (SSSR count). The number of benzene rings is 2. The molecule has 2 aromatic carbocycles. The zero-order valence-electron chi connectivity index (χ0n) is 13.8. The normalized spacial score (nSPS) is 10.2. The Morgan fingerprint density at radius 1 is 1.08 bits per heavy atom. The molecule has 0 aromatic heterocycles. The van der Waals surface area contributed by atoms with Gasteiger partial charge in [0.15, 0.2) is 0 Å². The second-order valence-electron chi connectivity index (χ2n) is 5.41. The zero-order valence-corrected chi connectivity index (χ0v) is 15.4. The van der Waals surface area contributed by atoms with E-state index < -0.39 is 0 Å². The summed E-state index contributed by atoms with van der Waals surface area (Å²) < 4.78 is 5.53. The molecular weight excluding hydrogens is 372 g/mol. The molecule has 5 nitrogen and oxygen atoms in total. The third kappa shape index (κ3) is 4.58. The van der Waals surface area contributed by atoms with E-state index in [4.69, 9.17) is 0 Å². The van der Waals surface area contributed by atoms with Gasteiger partial charge >= 0.3 is 5.97 Å². The highest BCUT2D eigenvalue weighted by Gasteiger charge is 2.09. The van der Waals surface area contributed by atoms with Gasteiger partial charge in [-0.15, -0.1) is 0 Å². The lowest BCUT2D eigenvalue weighted by Gasteiger charge is -2.12. The minimum absolute atomic E-state index is 0.124. The molecule has 0 fully saturated rings. The van der Waals surface area contributed by atoms with E-state index in [9.17, 15) is 9.59 Å². The van der Waals surface area contributed by atoms with Crippen LogP contribution in [-0.2, 0) is 9.53 Å². The minimum Gasteiger partial charge on any atom is -0.465 e. The smallest absolute Gasteiger partial charge is 0.337 e. The van der Waals surface area contributed by atoms with Crippen LogP contribution < -0.4 is 10.6 Å². The molecule has 126 valence electrons. The number of nitrogens with one attached hydrogen (secondary N) is 2. The van der Waals surface area contributed by atoms with Crippen molar-refractivity contribution in [2.75, 3.05) is 24.3 Å². The molecular formula is C18H19BrN2O3. The van der Waals surface area contributed by atoms with Crippen LogP contribution in [0.4, 0.5) is 11.4 Å². The Bertz CT molecular complexity index is 775. The Labute approximate surface area is 149 Å². The lowest BCUT2D eigenvalue weighted by atomic mass is 10.1. The van der Waals surface area contributed by atoms with Gasteiger partial charge in [0.25, 0.3) is 0 Å². The van der Waals surface area contributed by atoms with Gasteiger partial charge in [0.05, 0.1) is 24.9 Å². The Morgan fingerprint density at radius 2 is 1.79 bits per heavy atom. The maximum atomic E-state index is 12.1. The maximum absolute atomic E-state index is 12.1. The average molecular weight is 391 g/mol. The first-order valence-electron chi connectivity index (χ1n) is 7.39. The zero-order chi connectivity index (χ0) is 17.7. The molecule has 1 amide bonds. The summed E-state index contributed by atoms with van der Waals surface area (Å²) in [5.41, 5.74) is 3.97. The number of hydrogen-bond acceptors (Lipinski definition) is 4. The number of carbonyl (C=O) groups is 2. The Kier molecular flexibility index (Phi) is 5.98. The molecule has 24 heavy (non-hydrogen) atoms. The van der Waals surface area contributed by atoms with Crippen LogP contribution in [0.5, 0.6) is 0 Å². The van der Waals surface area contributed by atoms with Gasteiger partial charge in [0.1, 0.15) is 0 Å². The molecule has 0 aliphatic rings. The van der Waals surface area contributed by atoms with Crippen molar-refractivity contribution in [1.82, 2.24) is 0 Å². The van der Waals surface area contributed by atoms with Crippen molar-refractivity contribution in [3.05, 3.63) is 57.6 Å². The SMILES string of the molecule is COC(=O)c1ccc(NCC(=O)Nc2ccc(C)cc2Br)c(C)c1. The van der Waals surface area contributed by atoms with Crippen molar-refractivity contribution in [1.29, 1.82) is 0 Å². The van der Waals surface area contributed by atoms with Gasteiger partial charge in [-0.05, 0) is 71.2 Å². The first-order valence-corrected chi connectivity index (χ1v) is 8.19. The standard InChI is InChI=1S/C18H19BrN2O3/c1-11-4-6-16(14(19)8-11)21-17(22)10-20-15-7-5-13(9-12(15)2)18(23)24-3/h4-9,20H,10H2,1-3H3,(H,21,22). The van der Waals surface area contributed by atoms with Crippen LogP contribution in [0.15, 0.2) is 40.9 Å². The second-order valence-corrected chi connectivity index (χ2v) is 6.26. The molecule has 0 bridgehead atoms. The molecule has 0 radical (unpaired) electrons. The summed E-state index contributed by atoms with van der Waals surface area (Å²) in [5.74, 6) is -0.539. The minimum atomic E-state index is -0.383. The first-order chi connectivity index (χ1) is 11.4. The van der Waals surface area contributed by atoms with E-state index in [2.05, 4.69) is 31.3 Å². The number of amides is 1. The highest BCUT2D eigenvalue weighted by atomic mass is 79.9. The van der Waals surface area contributed by atoms with Crippen LogP contribution in [0, 0.1) is 13.8 Å². The van der Waals surface area contributed by atoms with Gasteiger partial charge in [-0.25, -0.2) is 4.79 Å². The largest absolute Gasteiger partial charge is 0.465 e. The predicted molar refractivity (Wildman–Crippen MR) is 98.5 cm³/mol. The number of rotatable bonds is 5. The van der Waals surface area contributed by atoms with Crippen molar-refractivity contribution in [3.8, 4) is 0 Å². The van der Waals surface area contributed by atoms with Crippen molar-refractivity contribution < 1.29 is 14.3 Å². The molecule has 0 aliphatic carbocycles. The number of aryl methyl sites for hydroxylation is 2. The number of ether oxygens (including phenoxy) is 1. The van der Waals surface area contributed by atoms with Crippen molar-refractivity contribution in [2.45, 2.75) is 13.8 Å². The highest BCUT2D eigenvalue weighted by molar-refractivity contribution is 9.10. The van der Waals surface area contributed by atoms with E-state index in [1.165, 1.54) is 7.11 Å². The monoisotopic (exact) mass is 390 g/mol. The summed E-state index contributed by atoms with van der Waals surface area (Å²) in [6, 6.07) is 10.9. The van der Waals surface area contributed by atoms with Gasteiger partial charge in [-0.3, -0.25) is 4.79 Å². The first kappa shape index (κ1) is 18.0. The summed E-state index contributed by atoms with van der Waals surface area (Å²) in [7, 11) is 1.34. The third-order valence-corrected chi connectivity index (χ3v) is 4.14. The Morgan fingerprint density at radius 3 is 2.42 bits per heavy atom. The fourth-order valence-corrected chi connectivity index (χ4v) is 2.79. The summed E-state index contributed by atoms with van der Waals surface area (Å²) in [6.45, 7) is 3.97. The molecule has 0 spiro atoms. The topological polar surface area (TPSA) is 67.4 Å². The van der Waals surface area contributed by atoms with Gasteiger partial charge < -0.3 is 15.4 Å². The molecule has 0 saturated heterocycles. The summed E-state index contributed by atoms with van der Waals surface area (Å²) in [6.07, 6.45) is 0. The van der Waals surface area contributed by atoms with Crippen LogP contribution in [0.3, 0.4) is 0 Å². The number of anilines is 2. The van der Waals surface area contributed by atoms with E-state index in [1.807, 2.05) is 32.0 Å². The maximum Gasteiger partial charge on any atom is 0.337 e. The van der Waals surface area contributed by atoms with Crippen LogP contribution >= 0.6 is 15.9 Å². The van der Waals surface area contributed by atoms with Crippen LogP contribution in [0.1, 0.15) is 21.5 Å². The summed E-state index contributed by atoms with van der Waals surface area (Å²) >= 11 is 3.43. The van der Waals surface area contributed by atoms with Gasteiger partial charge in [-0.1, -0.05) is 6.07 Å². The summed E-state index contributed by atoms with van der Waals surface area (Å²) in [5, 5.41) is 5.91. The molecule has 0 unspecified atom stereocenters. The van der Waals surface area contributed by atoms with Crippen LogP contribution in [-0.4, -0.2) is 25.5 Å². The van der Waals surface area contributed by atoms with E-state index in [-0.39, 0.29) is 18.4 Å². The number of hydrogen-bond donors (Lipinski definition) is 2. The van der Waals surface area contributed by atoms with Gasteiger partial charge in [0, 0.05) is 10.2 Å². The number of carbonyl (C=O) groups excluding carboxylic acids is 2. The number of methoxy groups -OCH3 is 1. The molecule has 0 heterocycles. The van der Waals surface area contributed by atoms with Gasteiger partial charge in [0.2, 0.25) is 5.91 Å². The van der Waals surface area contributed by atoms with E-state index in [0.717, 1.165) is 27.0 Å². The molecule has 0 saturated carbocycles. The molecule has 2 N–H and O–H groups in total. The second kappa shape index (κ2) is 7.97. The Balaban J connectivity index is 1.97. The lowest BCUT2D eigenvalue weighted by Crippen LogP contribution is -2.22. The summed E-state index contributed by atoms with van der Waals surface area (Å²) in [4.78, 5) is 23.6. The van der Waals surface area contributed by atoms with Crippen molar-refractivity contribution in [3.63, 3.8) is 0 Å². The van der Waals surface area contributed by atoms with Crippen LogP contribution in [0.2, 0.25) is 0 Å². The van der Waals surface area contributed by atoms with Gasteiger partial charge in [-0.2, -0.15) is 0 Å². The van der Waals surface area contributed by atoms with E-state index in [0.29, 0.717) is 5.56 Å². The quantitative estimate of drug-likeness (QED) is 0.759. The fraction of sp³-hybridized carbons (Fsp3) is 0.222.